The molecule has 2 heteroatoms. The largest absolute Gasteiger partial charge is 0.392 e. The maximum atomic E-state index is 12.0. The number of aliphatic hydroxyl groups excluding tert-OH is 1. The molecule has 0 bridgehead atoms. The SMILES string of the molecule is C[C@@H](c1ccccc1)[C@H](O)CC(=O)c1ccccc1. The molecular weight excluding hydrogens is 236 g/mol. The Morgan fingerprint density at radius 3 is 2.11 bits per heavy atom. The van der Waals surface area contributed by atoms with Crippen molar-refractivity contribution >= 4 is 5.78 Å². The lowest BCUT2D eigenvalue weighted by atomic mass is 9.91. The fraction of sp³-hybridized carbons (Fsp3) is 0.235. The smallest absolute Gasteiger partial charge is 0.165 e. The Labute approximate surface area is 113 Å². The number of rotatable bonds is 5. The van der Waals surface area contributed by atoms with Crippen molar-refractivity contribution in [3.05, 3.63) is 71.8 Å². The number of hydrogen-bond acceptors (Lipinski definition) is 2. The highest BCUT2D eigenvalue weighted by molar-refractivity contribution is 5.96. The molecule has 0 spiro atoms. The lowest BCUT2D eigenvalue weighted by Crippen LogP contribution is -2.20. The zero-order chi connectivity index (χ0) is 13.7. The molecule has 0 amide bonds. The summed E-state index contributed by atoms with van der Waals surface area (Å²) in [6.07, 6.45) is -0.504. The molecule has 0 aromatic heterocycles. The highest BCUT2D eigenvalue weighted by atomic mass is 16.3. The summed E-state index contributed by atoms with van der Waals surface area (Å²) in [5.74, 6) is -0.0651. The summed E-state index contributed by atoms with van der Waals surface area (Å²) in [5, 5.41) is 10.2. The molecule has 0 aliphatic rings. The van der Waals surface area contributed by atoms with Gasteiger partial charge in [0.05, 0.1) is 6.10 Å². The Balaban J connectivity index is 2.02. The van der Waals surface area contributed by atoms with E-state index in [1.807, 2.05) is 55.5 Å². The Kier molecular flexibility index (Phi) is 4.48. The molecule has 0 saturated heterocycles. The highest BCUT2D eigenvalue weighted by Gasteiger charge is 2.19. The Morgan fingerprint density at radius 1 is 1.00 bits per heavy atom. The van der Waals surface area contributed by atoms with Crippen molar-refractivity contribution in [3.8, 4) is 0 Å². The second-order valence-corrected chi connectivity index (χ2v) is 4.76. The zero-order valence-corrected chi connectivity index (χ0v) is 11.0. The van der Waals surface area contributed by atoms with Crippen molar-refractivity contribution < 1.29 is 9.90 Å². The lowest BCUT2D eigenvalue weighted by Gasteiger charge is -2.18. The quantitative estimate of drug-likeness (QED) is 0.830. The van der Waals surface area contributed by atoms with Gasteiger partial charge < -0.3 is 5.11 Å². The van der Waals surface area contributed by atoms with Crippen molar-refractivity contribution in [2.24, 2.45) is 0 Å². The molecule has 2 atom stereocenters. The summed E-state index contributed by atoms with van der Waals surface area (Å²) in [6, 6.07) is 18.9. The second-order valence-electron chi connectivity index (χ2n) is 4.76. The van der Waals surface area contributed by atoms with E-state index >= 15 is 0 Å². The van der Waals surface area contributed by atoms with Crippen molar-refractivity contribution in [3.63, 3.8) is 0 Å². The van der Waals surface area contributed by atoms with Gasteiger partial charge in [-0.05, 0) is 5.56 Å². The number of hydrogen-bond donors (Lipinski definition) is 1. The maximum absolute atomic E-state index is 12.0. The van der Waals surface area contributed by atoms with Crippen LogP contribution >= 0.6 is 0 Å². The first-order chi connectivity index (χ1) is 9.18. The normalized spacial score (nSPS) is 13.8. The predicted octanol–water partition coefficient (Wildman–Crippen LogP) is 3.42. The van der Waals surface area contributed by atoms with E-state index in [4.69, 9.17) is 0 Å². The molecule has 1 N–H and O–H groups in total. The van der Waals surface area contributed by atoms with E-state index in [0.717, 1.165) is 5.56 Å². The number of carbonyl (C=O) groups is 1. The minimum atomic E-state index is -0.657. The van der Waals surface area contributed by atoms with Gasteiger partial charge in [-0.2, -0.15) is 0 Å². The van der Waals surface area contributed by atoms with Crippen LogP contribution in [0.15, 0.2) is 60.7 Å². The zero-order valence-electron chi connectivity index (χ0n) is 11.0. The summed E-state index contributed by atoms with van der Waals surface area (Å²) in [4.78, 5) is 12.0. The van der Waals surface area contributed by atoms with E-state index < -0.39 is 6.10 Å². The molecule has 0 heterocycles. The van der Waals surface area contributed by atoms with Crippen LogP contribution in [0.3, 0.4) is 0 Å². The third-order valence-corrected chi connectivity index (χ3v) is 3.39. The molecule has 0 aliphatic heterocycles. The molecule has 19 heavy (non-hydrogen) atoms. The number of ketones is 1. The van der Waals surface area contributed by atoms with Crippen LogP contribution in [0, 0.1) is 0 Å². The molecule has 2 aromatic rings. The first-order valence-electron chi connectivity index (χ1n) is 6.49. The molecule has 2 nitrogen and oxygen atoms in total. The minimum Gasteiger partial charge on any atom is -0.392 e. The van der Waals surface area contributed by atoms with E-state index in [0.29, 0.717) is 5.56 Å². The number of carbonyl (C=O) groups excluding carboxylic acids is 1. The lowest BCUT2D eigenvalue weighted by molar-refractivity contribution is 0.0844. The molecule has 0 unspecified atom stereocenters. The Bertz CT molecular complexity index is 519. The van der Waals surface area contributed by atoms with Crippen LogP contribution in [0.5, 0.6) is 0 Å². The van der Waals surface area contributed by atoms with Gasteiger partial charge in [0.25, 0.3) is 0 Å². The molecule has 0 radical (unpaired) electrons. The third-order valence-electron chi connectivity index (χ3n) is 3.39. The van der Waals surface area contributed by atoms with Gasteiger partial charge in [-0.25, -0.2) is 0 Å². The fourth-order valence-electron chi connectivity index (χ4n) is 2.09. The molecule has 0 saturated carbocycles. The van der Waals surface area contributed by atoms with Crippen molar-refractivity contribution in [1.82, 2.24) is 0 Å². The van der Waals surface area contributed by atoms with Gasteiger partial charge >= 0.3 is 0 Å². The summed E-state index contributed by atoms with van der Waals surface area (Å²) in [6.45, 7) is 1.94. The first kappa shape index (κ1) is 13.5. The standard InChI is InChI=1S/C17H18O2/c1-13(14-8-4-2-5-9-14)16(18)12-17(19)15-10-6-3-7-11-15/h2-11,13,16,18H,12H2,1H3/t13-,16+/m0/s1. The van der Waals surface area contributed by atoms with Crippen LogP contribution in [0.1, 0.15) is 35.2 Å². The predicted molar refractivity (Wildman–Crippen MR) is 76.3 cm³/mol. The number of Topliss-reactive ketones (excluding diaryl/α,β-unsaturated/α-hetero) is 1. The van der Waals surface area contributed by atoms with Crippen molar-refractivity contribution in [2.45, 2.75) is 25.4 Å². The highest BCUT2D eigenvalue weighted by Crippen LogP contribution is 2.22. The van der Waals surface area contributed by atoms with Crippen molar-refractivity contribution in [2.75, 3.05) is 0 Å². The van der Waals surface area contributed by atoms with Crippen LogP contribution in [-0.4, -0.2) is 17.0 Å². The van der Waals surface area contributed by atoms with E-state index in [1.54, 1.807) is 12.1 Å². The summed E-state index contributed by atoms with van der Waals surface area (Å²) >= 11 is 0. The fourth-order valence-corrected chi connectivity index (χ4v) is 2.09. The third kappa shape index (κ3) is 3.52. The van der Waals surface area contributed by atoms with Crippen LogP contribution in [0.25, 0.3) is 0 Å². The number of aliphatic hydroxyl groups is 1. The van der Waals surface area contributed by atoms with E-state index in [-0.39, 0.29) is 18.1 Å². The van der Waals surface area contributed by atoms with Crippen LogP contribution in [0.2, 0.25) is 0 Å². The average molecular weight is 254 g/mol. The monoisotopic (exact) mass is 254 g/mol. The van der Waals surface area contributed by atoms with Crippen LogP contribution in [0.4, 0.5) is 0 Å². The van der Waals surface area contributed by atoms with Gasteiger partial charge in [-0.15, -0.1) is 0 Å². The Hall–Kier alpha value is -1.93. The molecule has 0 fully saturated rings. The van der Waals surface area contributed by atoms with Gasteiger partial charge in [-0.1, -0.05) is 67.6 Å². The molecule has 2 rings (SSSR count). The van der Waals surface area contributed by atoms with Crippen LogP contribution < -0.4 is 0 Å². The van der Waals surface area contributed by atoms with Gasteiger partial charge in [0.15, 0.2) is 5.78 Å². The molecular formula is C17H18O2. The summed E-state index contributed by atoms with van der Waals surface area (Å²) < 4.78 is 0. The van der Waals surface area contributed by atoms with E-state index in [1.165, 1.54) is 0 Å². The van der Waals surface area contributed by atoms with Crippen molar-refractivity contribution in [1.29, 1.82) is 0 Å². The van der Waals surface area contributed by atoms with Gasteiger partial charge in [0.1, 0.15) is 0 Å². The van der Waals surface area contributed by atoms with E-state index in [9.17, 15) is 9.90 Å². The molecule has 2 aromatic carbocycles. The molecule has 0 aliphatic carbocycles. The topological polar surface area (TPSA) is 37.3 Å². The summed E-state index contributed by atoms with van der Waals surface area (Å²) in [5.41, 5.74) is 1.71. The first-order valence-corrected chi connectivity index (χ1v) is 6.49. The number of benzene rings is 2. The summed E-state index contributed by atoms with van der Waals surface area (Å²) in [7, 11) is 0. The molecule has 98 valence electrons. The second kappa shape index (κ2) is 6.30. The average Bonchev–Trinajstić information content (AvgIpc) is 2.48. The van der Waals surface area contributed by atoms with Gasteiger partial charge in [0.2, 0.25) is 0 Å². The minimum absolute atomic E-state index is 0.0177. The van der Waals surface area contributed by atoms with Gasteiger partial charge in [0, 0.05) is 17.9 Å². The van der Waals surface area contributed by atoms with Gasteiger partial charge in [-0.3, -0.25) is 4.79 Å². The maximum Gasteiger partial charge on any atom is 0.165 e. The Morgan fingerprint density at radius 2 is 1.53 bits per heavy atom. The van der Waals surface area contributed by atoms with Crippen LogP contribution in [-0.2, 0) is 0 Å². The van der Waals surface area contributed by atoms with E-state index in [2.05, 4.69) is 0 Å².